The van der Waals surface area contributed by atoms with Gasteiger partial charge in [0.05, 0.1) is 6.61 Å². The number of methoxy groups -OCH3 is 1. The number of ether oxygens (including phenoxy) is 1. The average Bonchev–Trinajstić information content (AvgIpc) is 2.28. The van der Waals surface area contributed by atoms with Gasteiger partial charge in [-0.3, -0.25) is 4.90 Å². The van der Waals surface area contributed by atoms with Crippen LogP contribution in [0.4, 0.5) is 5.69 Å². The third kappa shape index (κ3) is 3.22. The topological polar surface area (TPSA) is 38.5 Å². The molecule has 1 rings (SSSR count). The van der Waals surface area contributed by atoms with Crippen molar-refractivity contribution in [2.45, 2.75) is 25.9 Å². The molecular formula is C13H22N2O. The van der Waals surface area contributed by atoms with Crippen LogP contribution in [0.25, 0.3) is 0 Å². The van der Waals surface area contributed by atoms with Gasteiger partial charge in [0, 0.05) is 24.9 Å². The molecule has 1 aromatic carbocycles. The Kier molecular flexibility index (Phi) is 4.77. The normalized spacial score (nSPS) is 15.1. The third-order valence-corrected chi connectivity index (χ3v) is 3.13. The van der Waals surface area contributed by atoms with E-state index in [2.05, 4.69) is 37.9 Å². The maximum atomic E-state index is 5.68. The number of hydrogen-bond acceptors (Lipinski definition) is 3. The summed E-state index contributed by atoms with van der Waals surface area (Å²) in [6, 6.07) is 8.82. The fraction of sp³-hybridized carbons (Fsp3) is 0.538. The van der Waals surface area contributed by atoms with E-state index in [0.29, 0.717) is 12.1 Å². The first kappa shape index (κ1) is 13.0. The summed E-state index contributed by atoms with van der Waals surface area (Å²) >= 11 is 0. The Morgan fingerprint density at radius 2 is 1.81 bits per heavy atom. The van der Waals surface area contributed by atoms with E-state index in [0.717, 1.165) is 12.3 Å². The van der Waals surface area contributed by atoms with Gasteiger partial charge in [0.2, 0.25) is 0 Å². The molecule has 0 saturated heterocycles. The standard InChI is InChI=1S/C13H22N2O/c1-10(9-16-4)15(3)11(2)12-5-7-13(14)8-6-12/h5-8,10-11H,9,14H2,1-4H3. The molecule has 3 nitrogen and oxygen atoms in total. The smallest absolute Gasteiger partial charge is 0.0615 e. The van der Waals surface area contributed by atoms with Crippen molar-refractivity contribution in [1.82, 2.24) is 4.90 Å². The van der Waals surface area contributed by atoms with Crippen LogP contribution in [0.1, 0.15) is 25.5 Å². The van der Waals surface area contributed by atoms with Gasteiger partial charge >= 0.3 is 0 Å². The minimum absolute atomic E-state index is 0.366. The fourth-order valence-electron chi connectivity index (χ4n) is 1.75. The van der Waals surface area contributed by atoms with Crippen LogP contribution in [0.15, 0.2) is 24.3 Å². The lowest BCUT2D eigenvalue weighted by Gasteiger charge is -2.30. The Morgan fingerprint density at radius 1 is 1.25 bits per heavy atom. The van der Waals surface area contributed by atoms with E-state index in [9.17, 15) is 0 Å². The summed E-state index contributed by atoms with van der Waals surface area (Å²) in [6.45, 7) is 5.10. The predicted molar refractivity (Wildman–Crippen MR) is 68.4 cm³/mol. The molecule has 1 aromatic rings. The van der Waals surface area contributed by atoms with Gasteiger partial charge in [-0.2, -0.15) is 0 Å². The van der Waals surface area contributed by atoms with E-state index in [1.54, 1.807) is 7.11 Å². The van der Waals surface area contributed by atoms with Gasteiger partial charge in [0.1, 0.15) is 0 Å². The van der Waals surface area contributed by atoms with Crippen LogP contribution < -0.4 is 5.73 Å². The molecule has 0 radical (unpaired) electrons. The number of nitrogens with zero attached hydrogens (tertiary/aromatic N) is 1. The van der Waals surface area contributed by atoms with Crippen molar-refractivity contribution in [3.8, 4) is 0 Å². The zero-order valence-corrected chi connectivity index (χ0v) is 10.6. The Bertz CT molecular complexity index is 310. The third-order valence-electron chi connectivity index (χ3n) is 3.13. The first-order valence-corrected chi connectivity index (χ1v) is 5.62. The number of benzene rings is 1. The Labute approximate surface area is 98.2 Å². The minimum atomic E-state index is 0.366. The molecular weight excluding hydrogens is 200 g/mol. The average molecular weight is 222 g/mol. The van der Waals surface area contributed by atoms with Crippen molar-refractivity contribution in [2.24, 2.45) is 0 Å². The Morgan fingerprint density at radius 3 is 2.31 bits per heavy atom. The number of likely N-dealkylation sites (N-methyl/N-ethyl adjacent to an activating group) is 1. The van der Waals surface area contributed by atoms with E-state index >= 15 is 0 Å². The quantitative estimate of drug-likeness (QED) is 0.777. The number of nitrogen functional groups attached to an aromatic ring is 1. The highest BCUT2D eigenvalue weighted by molar-refractivity contribution is 5.40. The van der Waals surface area contributed by atoms with Gasteiger partial charge in [-0.05, 0) is 38.6 Å². The monoisotopic (exact) mass is 222 g/mol. The second-order valence-corrected chi connectivity index (χ2v) is 4.31. The maximum Gasteiger partial charge on any atom is 0.0615 e. The van der Waals surface area contributed by atoms with E-state index in [-0.39, 0.29) is 0 Å². The molecule has 0 spiro atoms. The molecule has 0 fully saturated rings. The molecule has 3 heteroatoms. The molecule has 0 heterocycles. The Balaban J connectivity index is 2.69. The summed E-state index contributed by atoms with van der Waals surface area (Å²) in [7, 11) is 3.85. The summed E-state index contributed by atoms with van der Waals surface area (Å²) < 4.78 is 5.17. The molecule has 0 aliphatic rings. The van der Waals surface area contributed by atoms with Crippen LogP contribution >= 0.6 is 0 Å². The van der Waals surface area contributed by atoms with Gasteiger partial charge in [0.25, 0.3) is 0 Å². The van der Waals surface area contributed by atoms with E-state index in [4.69, 9.17) is 10.5 Å². The van der Waals surface area contributed by atoms with Crippen molar-refractivity contribution in [2.75, 3.05) is 26.5 Å². The van der Waals surface area contributed by atoms with Crippen LogP contribution in [-0.2, 0) is 4.74 Å². The zero-order chi connectivity index (χ0) is 12.1. The molecule has 2 atom stereocenters. The molecule has 0 amide bonds. The molecule has 90 valence electrons. The SMILES string of the molecule is COCC(C)N(C)C(C)c1ccc(N)cc1. The van der Waals surface area contributed by atoms with E-state index < -0.39 is 0 Å². The largest absolute Gasteiger partial charge is 0.399 e. The van der Waals surface area contributed by atoms with Crippen molar-refractivity contribution in [3.63, 3.8) is 0 Å². The molecule has 2 unspecified atom stereocenters. The number of anilines is 1. The highest BCUT2D eigenvalue weighted by Gasteiger charge is 2.16. The van der Waals surface area contributed by atoms with Crippen molar-refractivity contribution in [1.29, 1.82) is 0 Å². The predicted octanol–water partition coefficient (Wildman–Crippen LogP) is 2.30. The van der Waals surface area contributed by atoms with E-state index in [1.807, 2.05) is 12.1 Å². The molecule has 2 N–H and O–H groups in total. The zero-order valence-electron chi connectivity index (χ0n) is 10.6. The minimum Gasteiger partial charge on any atom is -0.399 e. The Hall–Kier alpha value is -1.06. The van der Waals surface area contributed by atoms with Gasteiger partial charge < -0.3 is 10.5 Å². The van der Waals surface area contributed by atoms with Crippen LogP contribution in [0.2, 0.25) is 0 Å². The molecule has 0 aliphatic heterocycles. The number of nitrogens with two attached hydrogens (primary N) is 1. The maximum absolute atomic E-state index is 5.68. The van der Waals surface area contributed by atoms with E-state index in [1.165, 1.54) is 5.56 Å². The lowest BCUT2D eigenvalue weighted by atomic mass is 10.1. The number of rotatable bonds is 5. The lowest BCUT2D eigenvalue weighted by Crippen LogP contribution is -2.34. The van der Waals surface area contributed by atoms with Crippen LogP contribution in [-0.4, -0.2) is 31.7 Å². The van der Waals surface area contributed by atoms with Crippen LogP contribution in [0.3, 0.4) is 0 Å². The van der Waals surface area contributed by atoms with Crippen molar-refractivity contribution < 1.29 is 4.74 Å². The highest BCUT2D eigenvalue weighted by Crippen LogP contribution is 2.21. The fourth-order valence-corrected chi connectivity index (χ4v) is 1.75. The summed E-state index contributed by atoms with van der Waals surface area (Å²) in [5, 5.41) is 0. The van der Waals surface area contributed by atoms with Crippen molar-refractivity contribution >= 4 is 5.69 Å². The highest BCUT2D eigenvalue weighted by atomic mass is 16.5. The van der Waals surface area contributed by atoms with Crippen LogP contribution in [0, 0.1) is 0 Å². The molecule has 0 aromatic heterocycles. The van der Waals surface area contributed by atoms with Crippen LogP contribution in [0.5, 0.6) is 0 Å². The second kappa shape index (κ2) is 5.87. The summed E-state index contributed by atoms with van der Waals surface area (Å²) in [4.78, 5) is 2.30. The van der Waals surface area contributed by atoms with Gasteiger partial charge in [0.15, 0.2) is 0 Å². The summed E-state index contributed by atoms with van der Waals surface area (Å²) in [6.07, 6.45) is 0. The molecule has 0 aliphatic carbocycles. The molecule has 0 saturated carbocycles. The van der Waals surface area contributed by atoms with Crippen molar-refractivity contribution in [3.05, 3.63) is 29.8 Å². The molecule has 16 heavy (non-hydrogen) atoms. The lowest BCUT2D eigenvalue weighted by molar-refractivity contribution is 0.0939. The first-order valence-electron chi connectivity index (χ1n) is 5.62. The van der Waals surface area contributed by atoms with Gasteiger partial charge in [-0.25, -0.2) is 0 Å². The summed E-state index contributed by atoms with van der Waals surface area (Å²) in [5.41, 5.74) is 7.76. The van der Waals surface area contributed by atoms with Gasteiger partial charge in [-0.15, -0.1) is 0 Å². The number of hydrogen-bond donors (Lipinski definition) is 1. The van der Waals surface area contributed by atoms with Gasteiger partial charge in [-0.1, -0.05) is 12.1 Å². The first-order chi connectivity index (χ1) is 7.56. The molecule has 0 bridgehead atoms. The summed E-state index contributed by atoms with van der Waals surface area (Å²) in [5.74, 6) is 0. The second-order valence-electron chi connectivity index (χ2n) is 4.31.